The van der Waals surface area contributed by atoms with Crippen LogP contribution < -0.4 is 4.74 Å². The summed E-state index contributed by atoms with van der Waals surface area (Å²) in [6, 6.07) is 3.53. The van der Waals surface area contributed by atoms with Gasteiger partial charge in [-0.2, -0.15) is 8.75 Å². The van der Waals surface area contributed by atoms with Crippen LogP contribution in [0.4, 0.5) is 0 Å². The Labute approximate surface area is 84.8 Å². The third-order valence-corrected chi connectivity index (χ3v) is 2.50. The van der Waals surface area contributed by atoms with E-state index in [0.717, 1.165) is 17.2 Å². The molecule has 0 spiro atoms. The fourth-order valence-electron chi connectivity index (χ4n) is 1.34. The van der Waals surface area contributed by atoms with Crippen molar-refractivity contribution in [2.24, 2.45) is 0 Å². The van der Waals surface area contributed by atoms with E-state index in [1.165, 1.54) is 14.0 Å². The van der Waals surface area contributed by atoms with Crippen molar-refractivity contribution in [2.75, 3.05) is 7.11 Å². The highest BCUT2D eigenvalue weighted by Crippen LogP contribution is 2.26. The van der Waals surface area contributed by atoms with Gasteiger partial charge < -0.3 is 4.74 Å². The van der Waals surface area contributed by atoms with E-state index in [9.17, 15) is 4.79 Å². The number of Topliss-reactive ketones (excluding diaryl/α,β-unsaturated/α-hetero) is 1. The molecule has 5 heteroatoms. The van der Waals surface area contributed by atoms with Gasteiger partial charge in [0.05, 0.1) is 24.4 Å². The number of benzene rings is 1. The maximum absolute atomic E-state index is 11.4. The predicted octanol–water partition coefficient (Wildman–Crippen LogP) is 1.90. The molecular formula is C9H8N2O2S. The molecule has 0 aliphatic carbocycles. The molecule has 0 unspecified atom stereocenters. The summed E-state index contributed by atoms with van der Waals surface area (Å²) in [5.74, 6) is 0.498. The Morgan fingerprint density at radius 1 is 1.43 bits per heavy atom. The van der Waals surface area contributed by atoms with Crippen molar-refractivity contribution in [2.45, 2.75) is 6.92 Å². The van der Waals surface area contributed by atoms with Crippen LogP contribution in [0.3, 0.4) is 0 Å². The summed E-state index contributed by atoms with van der Waals surface area (Å²) in [6.07, 6.45) is 0. The molecule has 0 saturated heterocycles. The lowest BCUT2D eigenvalue weighted by Crippen LogP contribution is -1.98. The van der Waals surface area contributed by atoms with E-state index in [-0.39, 0.29) is 5.78 Å². The van der Waals surface area contributed by atoms with E-state index >= 15 is 0 Å². The fraction of sp³-hybridized carbons (Fsp3) is 0.222. The lowest BCUT2D eigenvalue weighted by Gasteiger charge is -2.04. The van der Waals surface area contributed by atoms with Gasteiger partial charge in [0.1, 0.15) is 16.8 Å². The zero-order chi connectivity index (χ0) is 10.1. The van der Waals surface area contributed by atoms with Crippen molar-refractivity contribution in [3.63, 3.8) is 0 Å². The van der Waals surface area contributed by atoms with E-state index < -0.39 is 0 Å². The minimum absolute atomic E-state index is 0.0554. The maximum Gasteiger partial charge on any atom is 0.165 e. The number of methoxy groups -OCH3 is 1. The Morgan fingerprint density at radius 3 is 2.86 bits per heavy atom. The second-order valence-corrected chi connectivity index (χ2v) is 3.36. The normalized spacial score (nSPS) is 10.4. The maximum atomic E-state index is 11.4. The summed E-state index contributed by atoms with van der Waals surface area (Å²) in [5.41, 5.74) is 1.88. The first-order valence-corrected chi connectivity index (χ1v) is 4.77. The van der Waals surface area contributed by atoms with Crippen molar-refractivity contribution in [3.8, 4) is 5.75 Å². The van der Waals surface area contributed by atoms with Gasteiger partial charge >= 0.3 is 0 Å². The number of fused-ring (bicyclic) bond motifs is 1. The molecule has 2 aromatic rings. The van der Waals surface area contributed by atoms with Crippen molar-refractivity contribution >= 4 is 28.5 Å². The van der Waals surface area contributed by atoms with Crippen molar-refractivity contribution in [1.82, 2.24) is 8.75 Å². The second kappa shape index (κ2) is 3.34. The summed E-state index contributed by atoms with van der Waals surface area (Å²) in [4.78, 5) is 11.4. The largest absolute Gasteiger partial charge is 0.496 e. The monoisotopic (exact) mass is 208 g/mol. The van der Waals surface area contributed by atoms with Gasteiger partial charge in [0, 0.05) is 0 Å². The molecule has 0 aliphatic rings. The predicted molar refractivity (Wildman–Crippen MR) is 54.0 cm³/mol. The highest BCUT2D eigenvalue weighted by atomic mass is 32.1. The van der Waals surface area contributed by atoms with Crippen LogP contribution in [-0.2, 0) is 0 Å². The van der Waals surface area contributed by atoms with E-state index in [2.05, 4.69) is 8.75 Å². The lowest BCUT2D eigenvalue weighted by atomic mass is 10.1. The van der Waals surface area contributed by atoms with E-state index in [0.29, 0.717) is 16.8 Å². The average Bonchev–Trinajstić information content (AvgIpc) is 2.62. The van der Waals surface area contributed by atoms with Gasteiger partial charge in [-0.05, 0) is 19.1 Å². The first-order chi connectivity index (χ1) is 6.74. The number of rotatable bonds is 2. The number of hydrogen-bond acceptors (Lipinski definition) is 5. The van der Waals surface area contributed by atoms with Gasteiger partial charge in [0.2, 0.25) is 0 Å². The minimum Gasteiger partial charge on any atom is -0.496 e. The molecule has 0 atom stereocenters. The fourth-order valence-corrected chi connectivity index (χ4v) is 1.89. The summed E-state index contributed by atoms with van der Waals surface area (Å²) in [5, 5.41) is 0. The zero-order valence-corrected chi connectivity index (χ0v) is 8.59. The zero-order valence-electron chi connectivity index (χ0n) is 7.77. The molecule has 0 aliphatic heterocycles. The number of carbonyl (C=O) groups excluding carboxylic acids is 1. The summed E-state index contributed by atoms with van der Waals surface area (Å²) in [6.45, 7) is 1.50. The second-order valence-electron chi connectivity index (χ2n) is 2.83. The van der Waals surface area contributed by atoms with Gasteiger partial charge in [-0.15, -0.1) is 0 Å². The molecule has 2 rings (SSSR count). The molecule has 0 bridgehead atoms. The quantitative estimate of drug-likeness (QED) is 0.707. The molecule has 0 fully saturated rings. The van der Waals surface area contributed by atoms with Crippen LogP contribution in [0.25, 0.3) is 11.0 Å². The van der Waals surface area contributed by atoms with E-state index in [4.69, 9.17) is 4.74 Å². The molecule has 14 heavy (non-hydrogen) atoms. The summed E-state index contributed by atoms with van der Waals surface area (Å²) in [7, 11) is 1.54. The molecule has 0 radical (unpaired) electrons. The van der Waals surface area contributed by atoms with Crippen LogP contribution in [0.5, 0.6) is 5.75 Å². The number of ether oxygens (including phenoxy) is 1. The van der Waals surface area contributed by atoms with Crippen molar-refractivity contribution < 1.29 is 9.53 Å². The molecular weight excluding hydrogens is 200 g/mol. The van der Waals surface area contributed by atoms with E-state index in [1.54, 1.807) is 12.1 Å². The topological polar surface area (TPSA) is 52.1 Å². The third kappa shape index (κ3) is 1.26. The van der Waals surface area contributed by atoms with Gasteiger partial charge in [-0.25, -0.2) is 0 Å². The Bertz CT molecular complexity index is 493. The van der Waals surface area contributed by atoms with Gasteiger partial charge in [-0.1, -0.05) is 0 Å². The van der Waals surface area contributed by atoms with Crippen LogP contribution in [0.15, 0.2) is 12.1 Å². The standard InChI is InChI=1S/C9H8N2O2S/c1-5(12)8-7(13-2)4-3-6-9(8)11-14-10-6/h3-4H,1-2H3. The first kappa shape index (κ1) is 9.08. The van der Waals surface area contributed by atoms with Crippen LogP contribution >= 0.6 is 11.7 Å². The Hall–Kier alpha value is -1.49. The van der Waals surface area contributed by atoms with Gasteiger partial charge in [0.15, 0.2) is 5.78 Å². The molecule has 0 amide bonds. The number of carbonyl (C=O) groups is 1. The van der Waals surface area contributed by atoms with E-state index in [1.807, 2.05) is 0 Å². The average molecular weight is 208 g/mol. The smallest absolute Gasteiger partial charge is 0.165 e. The number of nitrogens with zero attached hydrogens (tertiary/aromatic N) is 2. The first-order valence-electron chi connectivity index (χ1n) is 4.04. The highest BCUT2D eigenvalue weighted by molar-refractivity contribution is 7.00. The summed E-state index contributed by atoms with van der Waals surface area (Å²) < 4.78 is 13.2. The SMILES string of the molecule is COc1ccc2nsnc2c1C(C)=O. The summed E-state index contributed by atoms with van der Waals surface area (Å²) >= 11 is 1.10. The van der Waals surface area contributed by atoms with Crippen LogP contribution in [-0.4, -0.2) is 21.6 Å². The van der Waals surface area contributed by atoms with Crippen LogP contribution in [0.1, 0.15) is 17.3 Å². The number of hydrogen-bond donors (Lipinski definition) is 0. The molecule has 72 valence electrons. The third-order valence-electron chi connectivity index (χ3n) is 1.96. The van der Waals surface area contributed by atoms with Crippen LogP contribution in [0, 0.1) is 0 Å². The Morgan fingerprint density at radius 2 is 2.21 bits per heavy atom. The highest BCUT2D eigenvalue weighted by Gasteiger charge is 2.15. The molecule has 0 N–H and O–H groups in total. The van der Waals surface area contributed by atoms with Crippen molar-refractivity contribution in [3.05, 3.63) is 17.7 Å². The molecule has 1 aromatic carbocycles. The molecule has 1 aromatic heterocycles. The number of aromatic nitrogens is 2. The minimum atomic E-state index is -0.0554. The van der Waals surface area contributed by atoms with Crippen molar-refractivity contribution in [1.29, 1.82) is 0 Å². The Kier molecular flexibility index (Phi) is 2.17. The number of ketones is 1. The lowest BCUT2D eigenvalue weighted by molar-refractivity contribution is 0.101. The van der Waals surface area contributed by atoms with Gasteiger partial charge in [-0.3, -0.25) is 4.79 Å². The Balaban J connectivity index is 2.82. The molecule has 1 heterocycles. The molecule has 0 saturated carbocycles. The molecule has 4 nitrogen and oxygen atoms in total. The van der Waals surface area contributed by atoms with Crippen LogP contribution in [0.2, 0.25) is 0 Å². The van der Waals surface area contributed by atoms with Gasteiger partial charge in [0.25, 0.3) is 0 Å².